The number of rotatable bonds is 4. The topological polar surface area (TPSA) is 37.4 Å². The molecule has 0 fully saturated rings. The third-order valence-corrected chi connectivity index (χ3v) is 8.39. The lowest BCUT2D eigenvalue weighted by atomic mass is 10.1. The molecular weight excluding hydrogens is 438 g/mol. The molecule has 2 aromatic carbocycles. The van der Waals surface area contributed by atoms with Gasteiger partial charge in [0.25, 0.3) is 0 Å². The Bertz CT molecular complexity index is 1010. The standard InChI is InChI=1S/C30H41NO2S/c1-27-20-22-29(23-21-27)34(32,33)30-19-15-10-8-6-4-2-3-5-7-9-11-16-24-31(26-30)25-28-17-13-12-14-18-28/h10,12-15,17-18,20-23,26H,2-9,11,16,19,24-25H2,1H3/b15-10+,30-26+. The van der Waals surface area contributed by atoms with E-state index >= 15 is 0 Å². The van der Waals surface area contributed by atoms with Crippen molar-refractivity contribution in [2.24, 2.45) is 0 Å². The molecule has 34 heavy (non-hydrogen) atoms. The third-order valence-electron chi connectivity index (χ3n) is 6.53. The highest BCUT2D eigenvalue weighted by molar-refractivity contribution is 7.95. The minimum atomic E-state index is -3.56. The van der Waals surface area contributed by atoms with Crippen molar-refractivity contribution in [3.63, 3.8) is 0 Å². The van der Waals surface area contributed by atoms with Crippen molar-refractivity contribution >= 4 is 9.84 Å². The van der Waals surface area contributed by atoms with E-state index in [1.165, 1.54) is 56.9 Å². The van der Waals surface area contributed by atoms with Crippen molar-refractivity contribution < 1.29 is 8.42 Å². The van der Waals surface area contributed by atoms with E-state index in [0.717, 1.165) is 31.5 Å². The van der Waals surface area contributed by atoms with Crippen LogP contribution in [0.3, 0.4) is 0 Å². The number of hydrogen-bond acceptors (Lipinski definition) is 3. The van der Waals surface area contributed by atoms with Gasteiger partial charge in [0.1, 0.15) is 0 Å². The van der Waals surface area contributed by atoms with Crippen LogP contribution >= 0.6 is 0 Å². The normalized spacial score (nSPS) is 20.1. The second-order valence-electron chi connectivity index (χ2n) is 9.51. The molecule has 0 spiro atoms. The molecule has 0 bridgehead atoms. The molecule has 0 aromatic heterocycles. The molecule has 0 N–H and O–H groups in total. The predicted molar refractivity (Wildman–Crippen MR) is 143 cm³/mol. The second kappa shape index (κ2) is 14.2. The zero-order chi connectivity index (χ0) is 24.1. The van der Waals surface area contributed by atoms with E-state index < -0.39 is 9.84 Å². The van der Waals surface area contributed by atoms with Gasteiger partial charge in [0, 0.05) is 25.7 Å². The van der Waals surface area contributed by atoms with Gasteiger partial charge < -0.3 is 4.90 Å². The number of nitrogens with zero attached hydrogens (tertiary/aromatic N) is 1. The summed E-state index contributed by atoms with van der Waals surface area (Å²) in [5, 5.41) is 0. The van der Waals surface area contributed by atoms with Gasteiger partial charge >= 0.3 is 0 Å². The van der Waals surface area contributed by atoms with E-state index in [2.05, 4.69) is 29.2 Å². The summed E-state index contributed by atoms with van der Waals surface area (Å²) in [6.07, 6.45) is 18.9. The largest absolute Gasteiger partial charge is 0.372 e. The van der Waals surface area contributed by atoms with Gasteiger partial charge in [0.15, 0.2) is 0 Å². The lowest BCUT2D eigenvalue weighted by Crippen LogP contribution is -2.20. The minimum Gasteiger partial charge on any atom is -0.372 e. The van der Waals surface area contributed by atoms with Crippen molar-refractivity contribution in [2.75, 3.05) is 6.54 Å². The highest BCUT2D eigenvalue weighted by atomic mass is 32.2. The van der Waals surface area contributed by atoms with Crippen molar-refractivity contribution in [2.45, 2.75) is 89.0 Å². The smallest absolute Gasteiger partial charge is 0.204 e. The Hall–Kier alpha value is -2.33. The van der Waals surface area contributed by atoms with Crippen LogP contribution < -0.4 is 0 Å². The summed E-state index contributed by atoms with van der Waals surface area (Å²) < 4.78 is 27.3. The summed E-state index contributed by atoms with van der Waals surface area (Å²) in [5.74, 6) is 0. The summed E-state index contributed by atoms with van der Waals surface area (Å²) in [7, 11) is -3.56. The number of hydrogen-bond donors (Lipinski definition) is 0. The quantitative estimate of drug-likeness (QED) is 0.417. The van der Waals surface area contributed by atoms with Crippen LogP contribution in [-0.4, -0.2) is 19.9 Å². The van der Waals surface area contributed by atoms with E-state index in [4.69, 9.17) is 0 Å². The van der Waals surface area contributed by atoms with Crippen LogP contribution in [0.15, 0.2) is 82.7 Å². The summed E-state index contributed by atoms with van der Waals surface area (Å²) in [6, 6.07) is 17.6. The molecule has 4 heteroatoms. The summed E-state index contributed by atoms with van der Waals surface area (Å²) in [5.41, 5.74) is 2.26. The van der Waals surface area contributed by atoms with E-state index in [9.17, 15) is 8.42 Å². The van der Waals surface area contributed by atoms with Crippen molar-refractivity contribution in [1.82, 2.24) is 4.90 Å². The van der Waals surface area contributed by atoms with Gasteiger partial charge in [-0.25, -0.2) is 8.42 Å². The van der Waals surface area contributed by atoms with Crippen LogP contribution in [0.4, 0.5) is 0 Å². The number of benzene rings is 2. The average Bonchev–Trinajstić information content (AvgIpc) is 2.84. The molecule has 2 aromatic rings. The van der Waals surface area contributed by atoms with Gasteiger partial charge in [-0.05, 0) is 43.9 Å². The molecule has 184 valence electrons. The molecule has 0 aliphatic carbocycles. The van der Waals surface area contributed by atoms with Crippen LogP contribution in [0.2, 0.25) is 0 Å². The molecule has 0 radical (unpaired) electrons. The Labute approximate surface area is 207 Å². The number of allylic oxidation sites excluding steroid dienone is 3. The molecule has 0 saturated heterocycles. The summed E-state index contributed by atoms with van der Waals surface area (Å²) in [6.45, 7) is 3.57. The summed E-state index contributed by atoms with van der Waals surface area (Å²) >= 11 is 0. The maximum Gasteiger partial charge on any atom is 0.204 e. The molecule has 0 atom stereocenters. The highest BCUT2D eigenvalue weighted by Crippen LogP contribution is 2.25. The Kier molecular flexibility index (Phi) is 10.9. The Morgan fingerprint density at radius 2 is 1.35 bits per heavy atom. The van der Waals surface area contributed by atoms with Gasteiger partial charge in [-0.1, -0.05) is 105 Å². The zero-order valence-corrected chi connectivity index (χ0v) is 21.6. The van der Waals surface area contributed by atoms with Crippen LogP contribution in [0.25, 0.3) is 0 Å². The Morgan fingerprint density at radius 1 is 0.735 bits per heavy atom. The van der Waals surface area contributed by atoms with E-state index in [0.29, 0.717) is 16.2 Å². The second-order valence-corrected chi connectivity index (χ2v) is 11.5. The van der Waals surface area contributed by atoms with Gasteiger partial charge in [-0.3, -0.25) is 0 Å². The van der Waals surface area contributed by atoms with Gasteiger partial charge in [-0.2, -0.15) is 0 Å². The van der Waals surface area contributed by atoms with Gasteiger partial charge in [0.05, 0.1) is 9.80 Å². The monoisotopic (exact) mass is 479 g/mol. The highest BCUT2D eigenvalue weighted by Gasteiger charge is 2.21. The van der Waals surface area contributed by atoms with Gasteiger partial charge in [0.2, 0.25) is 9.84 Å². The van der Waals surface area contributed by atoms with Crippen molar-refractivity contribution in [3.05, 3.63) is 89.0 Å². The van der Waals surface area contributed by atoms with Crippen molar-refractivity contribution in [3.8, 4) is 0 Å². The third kappa shape index (κ3) is 8.79. The molecule has 1 aliphatic heterocycles. The number of sulfone groups is 1. The Morgan fingerprint density at radius 3 is 2.03 bits per heavy atom. The molecule has 0 amide bonds. The van der Waals surface area contributed by atoms with Crippen LogP contribution in [-0.2, 0) is 16.4 Å². The van der Waals surface area contributed by atoms with Crippen LogP contribution in [0.1, 0.15) is 81.8 Å². The molecule has 0 unspecified atom stereocenters. The molecule has 1 aliphatic rings. The lowest BCUT2D eigenvalue weighted by Gasteiger charge is -2.23. The number of aryl methyl sites for hydroxylation is 1. The van der Waals surface area contributed by atoms with Gasteiger partial charge in [-0.15, -0.1) is 0 Å². The molecule has 1 heterocycles. The van der Waals surface area contributed by atoms with E-state index in [-0.39, 0.29) is 0 Å². The summed E-state index contributed by atoms with van der Waals surface area (Å²) in [4.78, 5) is 3.07. The fourth-order valence-corrected chi connectivity index (χ4v) is 5.84. The SMILES string of the molecule is Cc1ccc(S(=O)(=O)/C2=C/N(Cc3ccccc3)CCCCCCCCCCC/C=C/C2)cc1. The zero-order valence-electron chi connectivity index (χ0n) is 20.8. The van der Waals surface area contributed by atoms with Crippen molar-refractivity contribution in [1.29, 1.82) is 0 Å². The first-order chi connectivity index (χ1) is 16.6. The maximum atomic E-state index is 13.7. The van der Waals surface area contributed by atoms with E-state index in [1.54, 1.807) is 12.1 Å². The molecule has 0 saturated carbocycles. The van der Waals surface area contributed by atoms with Crippen LogP contribution in [0.5, 0.6) is 0 Å². The average molecular weight is 480 g/mol. The lowest BCUT2D eigenvalue weighted by molar-refractivity contribution is 0.353. The molecule has 3 rings (SSSR count). The first kappa shape index (κ1) is 26.3. The predicted octanol–water partition coefficient (Wildman–Crippen LogP) is 7.97. The minimum absolute atomic E-state index is 0.378. The first-order valence-corrected chi connectivity index (χ1v) is 14.5. The van der Waals surface area contributed by atoms with Crippen LogP contribution in [0, 0.1) is 6.92 Å². The Balaban J connectivity index is 1.89. The molecular formula is C30H41NO2S. The fourth-order valence-electron chi connectivity index (χ4n) is 4.44. The fraction of sp³-hybridized carbons (Fsp3) is 0.467. The maximum absolute atomic E-state index is 13.7. The molecule has 3 nitrogen and oxygen atoms in total. The van der Waals surface area contributed by atoms with E-state index in [1.807, 2.05) is 43.5 Å². The first-order valence-electron chi connectivity index (χ1n) is 13.0.